The molecule has 0 unspecified atom stereocenters. The molecule has 3 nitrogen and oxygen atoms in total. The molecule has 1 aliphatic rings. The van der Waals surface area contributed by atoms with Crippen LogP contribution in [0.5, 0.6) is 0 Å². The number of aliphatic imine (C=N–C) groups is 1. The number of nitrogens with one attached hydrogen (secondary N) is 2. The van der Waals surface area contributed by atoms with Gasteiger partial charge in [-0.2, -0.15) is 0 Å². The fourth-order valence-corrected chi connectivity index (χ4v) is 4.24. The van der Waals surface area contributed by atoms with E-state index in [4.69, 9.17) is 4.99 Å². The third-order valence-electron chi connectivity index (χ3n) is 6.07. The molecule has 0 atom stereocenters. The first-order chi connectivity index (χ1) is 15.0. The first-order valence-electron chi connectivity index (χ1n) is 12.3. The molecule has 0 aliphatic carbocycles. The lowest BCUT2D eigenvalue weighted by Crippen LogP contribution is -2.17. The summed E-state index contributed by atoms with van der Waals surface area (Å²) in [6.07, 6.45) is 19.9. The monoisotopic (exact) mass is 419 g/mol. The van der Waals surface area contributed by atoms with Gasteiger partial charge in [0.05, 0.1) is 17.1 Å². The van der Waals surface area contributed by atoms with Crippen molar-refractivity contribution in [2.24, 2.45) is 10.4 Å². The number of unbranched alkanes of at least 4 members (excludes halogenated alkanes) is 8. The van der Waals surface area contributed by atoms with Gasteiger partial charge in [0.25, 0.3) is 0 Å². The molecule has 0 bridgehead atoms. The molecule has 0 saturated heterocycles. The molecule has 3 rings (SSSR count). The standard InChI is InChI=1S/C28H41N3/c1-5-6-7-8-9-10-11-12-13-15-22-17-18-23(30-22)20-24-21-25(28(2,3)4)27(31-24)26-16-14-19-29-26/h14,16-21,29-30H,5-13,15H2,1-4H3/b24-20-. The molecular formula is C28H41N3. The van der Waals surface area contributed by atoms with E-state index in [-0.39, 0.29) is 5.41 Å². The van der Waals surface area contributed by atoms with Crippen LogP contribution < -0.4 is 0 Å². The second-order valence-corrected chi connectivity index (χ2v) is 9.94. The van der Waals surface area contributed by atoms with Crippen molar-refractivity contribution in [1.82, 2.24) is 9.97 Å². The molecule has 0 aromatic carbocycles. The van der Waals surface area contributed by atoms with E-state index in [0.717, 1.165) is 29.2 Å². The van der Waals surface area contributed by atoms with Gasteiger partial charge >= 0.3 is 0 Å². The average molecular weight is 420 g/mol. The summed E-state index contributed by atoms with van der Waals surface area (Å²) in [5, 5.41) is 0. The van der Waals surface area contributed by atoms with Crippen LogP contribution in [0, 0.1) is 5.41 Å². The van der Waals surface area contributed by atoms with Crippen LogP contribution >= 0.6 is 0 Å². The fourth-order valence-electron chi connectivity index (χ4n) is 4.24. The zero-order valence-corrected chi connectivity index (χ0v) is 20.1. The van der Waals surface area contributed by atoms with E-state index in [1.54, 1.807) is 0 Å². The number of aromatic amines is 2. The summed E-state index contributed by atoms with van der Waals surface area (Å²) in [5.74, 6) is 0. The highest BCUT2D eigenvalue weighted by molar-refractivity contribution is 6.15. The van der Waals surface area contributed by atoms with Gasteiger partial charge in [0, 0.05) is 17.6 Å². The van der Waals surface area contributed by atoms with E-state index in [1.165, 1.54) is 69.1 Å². The Morgan fingerprint density at radius 2 is 1.61 bits per heavy atom. The predicted octanol–water partition coefficient (Wildman–Crippen LogP) is 8.23. The molecule has 168 valence electrons. The number of aryl methyl sites for hydroxylation is 1. The van der Waals surface area contributed by atoms with Crippen molar-refractivity contribution in [3.63, 3.8) is 0 Å². The Hall–Kier alpha value is -2.29. The van der Waals surface area contributed by atoms with Crippen molar-refractivity contribution in [3.05, 3.63) is 64.9 Å². The molecule has 0 saturated carbocycles. The van der Waals surface area contributed by atoms with E-state index in [9.17, 15) is 0 Å². The first-order valence-corrected chi connectivity index (χ1v) is 12.3. The van der Waals surface area contributed by atoms with Crippen molar-refractivity contribution in [1.29, 1.82) is 0 Å². The minimum absolute atomic E-state index is 0.0520. The number of allylic oxidation sites excluding steroid dienone is 2. The summed E-state index contributed by atoms with van der Waals surface area (Å²) in [4.78, 5) is 11.8. The molecule has 31 heavy (non-hydrogen) atoms. The predicted molar refractivity (Wildman–Crippen MR) is 135 cm³/mol. The maximum Gasteiger partial charge on any atom is 0.0909 e. The third-order valence-corrected chi connectivity index (χ3v) is 6.07. The quantitative estimate of drug-likeness (QED) is 0.325. The van der Waals surface area contributed by atoms with E-state index >= 15 is 0 Å². The highest BCUT2D eigenvalue weighted by Gasteiger charge is 2.27. The molecule has 2 aromatic heterocycles. The summed E-state index contributed by atoms with van der Waals surface area (Å²) < 4.78 is 0. The number of hydrogen-bond acceptors (Lipinski definition) is 1. The lowest BCUT2D eigenvalue weighted by Gasteiger charge is -2.21. The van der Waals surface area contributed by atoms with Gasteiger partial charge in [-0.3, -0.25) is 0 Å². The Labute approximate surface area is 189 Å². The Morgan fingerprint density at radius 1 is 0.903 bits per heavy atom. The van der Waals surface area contributed by atoms with Gasteiger partial charge in [-0.05, 0) is 60.2 Å². The Kier molecular flexibility index (Phi) is 8.57. The maximum absolute atomic E-state index is 4.94. The smallest absolute Gasteiger partial charge is 0.0909 e. The Morgan fingerprint density at radius 3 is 2.26 bits per heavy atom. The zero-order chi connectivity index (χ0) is 22.1. The fraction of sp³-hybridized carbons (Fsp3) is 0.536. The van der Waals surface area contributed by atoms with Crippen LogP contribution in [0.15, 0.2) is 52.8 Å². The van der Waals surface area contributed by atoms with Gasteiger partial charge < -0.3 is 9.97 Å². The minimum atomic E-state index is 0.0520. The molecule has 3 heterocycles. The SMILES string of the molecule is CCCCCCCCCCCc1ccc(/C=C2/C=C(C(C)(C)C)C(c3ccc[nH]3)=N2)[nH]1. The number of H-pyrrole nitrogens is 2. The van der Waals surface area contributed by atoms with E-state index in [1.807, 2.05) is 12.3 Å². The largest absolute Gasteiger partial charge is 0.360 e. The molecule has 0 spiro atoms. The van der Waals surface area contributed by atoms with Crippen LogP contribution in [0.2, 0.25) is 0 Å². The van der Waals surface area contributed by atoms with Gasteiger partial charge in [-0.15, -0.1) is 0 Å². The summed E-state index contributed by atoms with van der Waals surface area (Å²) in [5.41, 5.74) is 6.97. The number of nitrogens with zero attached hydrogens (tertiary/aromatic N) is 1. The van der Waals surface area contributed by atoms with E-state index in [2.05, 4.69) is 68.0 Å². The summed E-state index contributed by atoms with van der Waals surface area (Å²) in [7, 11) is 0. The highest BCUT2D eigenvalue weighted by Crippen LogP contribution is 2.34. The second kappa shape index (κ2) is 11.4. The van der Waals surface area contributed by atoms with E-state index in [0.29, 0.717) is 0 Å². The Balaban J connectivity index is 1.51. The zero-order valence-electron chi connectivity index (χ0n) is 20.1. The summed E-state index contributed by atoms with van der Waals surface area (Å²) in [6, 6.07) is 8.54. The van der Waals surface area contributed by atoms with Crippen LogP contribution in [-0.2, 0) is 6.42 Å². The number of aromatic nitrogens is 2. The number of hydrogen-bond donors (Lipinski definition) is 2. The molecule has 1 aliphatic heterocycles. The first kappa shape index (κ1) is 23.4. The molecule has 2 aromatic rings. The maximum atomic E-state index is 4.94. The lowest BCUT2D eigenvalue weighted by molar-refractivity contribution is 0.526. The number of rotatable bonds is 12. The van der Waals surface area contributed by atoms with Gasteiger partial charge in [0.1, 0.15) is 0 Å². The Bertz CT molecular complexity index is 885. The van der Waals surface area contributed by atoms with Gasteiger partial charge in [-0.25, -0.2) is 4.99 Å². The molecule has 3 heteroatoms. The van der Waals surface area contributed by atoms with Crippen LogP contribution in [0.3, 0.4) is 0 Å². The molecule has 0 amide bonds. The van der Waals surface area contributed by atoms with Crippen molar-refractivity contribution in [2.45, 2.75) is 91.9 Å². The van der Waals surface area contributed by atoms with Crippen molar-refractivity contribution >= 4 is 11.8 Å². The van der Waals surface area contributed by atoms with Crippen molar-refractivity contribution in [3.8, 4) is 0 Å². The van der Waals surface area contributed by atoms with Gasteiger partial charge in [0.15, 0.2) is 0 Å². The summed E-state index contributed by atoms with van der Waals surface area (Å²) >= 11 is 0. The normalized spacial score (nSPS) is 15.5. The van der Waals surface area contributed by atoms with Crippen molar-refractivity contribution in [2.75, 3.05) is 0 Å². The lowest BCUT2D eigenvalue weighted by atomic mass is 9.83. The molecule has 0 fully saturated rings. The van der Waals surface area contributed by atoms with Crippen LogP contribution in [0.4, 0.5) is 0 Å². The minimum Gasteiger partial charge on any atom is -0.360 e. The third kappa shape index (κ3) is 7.12. The van der Waals surface area contributed by atoms with Crippen LogP contribution in [0.1, 0.15) is 103 Å². The molecular weight excluding hydrogens is 378 g/mol. The molecule has 2 N–H and O–H groups in total. The topological polar surface area (TPSA) is 43.9 Å². The van der Waals surface area contributed by atoms with E-state index < -0.39 is 0 Å². The average Bonchev–Trinajstić information content (AvgIpc) is 3.47. The van der Waals surface area contributed by atoms with Crippen molar-refractivity contribution < 1.29 is 0 Å². The van der Waals surface area contributed by atoms with Gasteiger partial charge in [-0.1, -0.05) is 79.1 Å². The van der Waals surface area contributed by atoms with Crippen LogP contribution in [0.25, 0.3) is 6.08 Å². The summed E-state index contributed by atoms with van der Waals surface area (Å²) in [6.45, 7) is 9.03. The highest BCUT2D eigenvalue weighted by atomic mass is 14.8. The molecule has 0 radical (unpaired) electrons. The van der Waals surface area contributed by atoms with Gasteiger partial charge in [0.2, 0.25) is 0 Å². The van der Waals surface area contributed by atoms with Crippen LogP contribution in [-0.4, -0.2) is 15.7 Å². The second-order valence-electron chi connectivity index (χ2n) is 9.94.